The van der Waals surface area contributed by atoms with Crippen molar-refractivity contribution in [3.63, 3.8) is 0 Å². The SMILES string of the molecule is CC(C)C(=O)Nc1nc2c(c(I)nn2[C@H]2C[C@H](O)[C@@H](CO)O2)c(=O)[nH]1. The van der Waals surface area contributed by atoms with Crippen molar-refractivity contribution in [1.82, 2.24) is 19.7 Å². The Morgan fingerprint density at radius 1 is 1.56 bits per heavy atom. The van der Waals surface area contributed by atoms with E-state index in [2.05, 4.69) is 20.4 Å². The monoisotopic (exact) mass is 463 g/mol. The van der Waals surface area contributed by atoms with Crippen LogP contribution >= 0.6 is 22.6 Å². The van der Waals surface area contributed by atoms with Crippen molar-refractivity contribution in [2.24, 2.45) is 5.92 Å². The van der Waals surface area contributed by atoms with Crippen LogP contribution in [0.2, 0.25) is 0 Å². The van der Waals surface area contributed by atoms with E-state index in [1.165, 1.54) is 4.68 Å². The van der Waals surface area contributed by atoms with Crippen molar-refractivity contribution in [3.8, 4) is 0 Å². The second-order valence-corrected chi connectivity index (χ2v) is 7.13. The fourth-order valence-electron chi connectivity index (χ4n) is 2.55. The second kappa shape index (κ2) is 6.97. The van der Waals surface area contributed by atoms with Gasteiger partial charge in [0.1, 0.15) is 15.2 Å². The summed E-state index contributed by atoms with van der Waals surface area (Å²) in [6.45, 7) is 3.13. The Hall–Kier alpha value is -1.57. The Bertz CT molecular complexity index is 863. The van der Waals surface area contributed by atoms with Gasteiger partial charge in [0.05, 0.1) is 12.7 Å². The maximum absolute atomic E-state index is 12.3. The van der Waals surface area contributed by atoms with E-state index >= 15 is 0 Å². The van der Waals surface area contributed by atoms with Gasteiger partial charge in [-0.05, 0) is 22.6 Å². The molecule has 1 fully saturated rings. The number of nitrogens with zero attached hydrogens (tertiary/aromatic N) is 3. The number of carbonyl (C=O) groups is 1. The molecule has 1 aliphatic rings. The summed E-state index contributed by atoms with van der Waals surface area (Å²) in [6.07, 6.45) is -2.01. The maximum atomic E-state index is 12.3. The molecule has 1 aliphatic heterocycles. The lowest BCUT2D eigenvalue weighted by atomic mass is 10.2. The topological polar surface area (TPSA) is 142 Å². The lowest BCUT2D eigenvalue weighted by Crippen LogP contribution is -2.24. The van der Waals surface area contributed by atoms with E-state index in [4.69, 9.17) is 4.74 Å². The summed E-state index contributed by atoms with van der Waals surface area (Å²) in [4.78, 5) is 31.0. The van der Waals surface area contributed by atoms with Crippen molar-refractivity contribution in [1.29, 1.82) is 0 Å². The number of hydrogen-bond donors (Lipinski definition) is 4. The van der Waals surface area contributed by atoms with Crippen LogP contribution < -0.4 is 10.9 Å². The lowest BCUT2D eigenvalue weighted by molar-refractivity contribution is -0.118. The molecular weight excluding hydrogens is 445 g/mol. The van der Waals surface area contributed by atoms with Crippen LogP contribution in [0.4, 0.5) is 5.95 Å². The Balaban J connectivity index is 2.04. The number of aromatic nitrogens is 4. The molecule has 0 aliphatic carbocycles. The summed E-state index contributed by atoms with van der Waals surface area (Å²) in [5.74, 6) is -0.535. The van der Waals surface area contributed by atoms with E-state index in [0.717, 1.165) is 0 Å². The van der Waals surface area contributed by atoms with Crippen LogP contribution in [0.15, 0.2) is 4.79 Å². The van der Waals surface area contributed by atoms with E-state index in [1.807, 2.05) is 22.6 Å². The van der Waals surface area contributed by atoms with Gasteiger partial charge in [-0.25, -0.2) is 4.68 Å². The molecule has 1 amide bonds. The number of anilines is 1. The summed E-state index contributed by atoms with van der Waals surface area (Å²) in [5.41, 5.74) is -0.194. The zero-order valence-corrected chi connectivity index (χ0v) is 15.7. The predicted octanol–water partition coefficient (Wildman–Crippen LogP) is -0.0406. The van der Waals surface area contributed by atoms with Crippen molar-refractivity contribution in [3.05, 3.63) is 14.1 Å². The third-order valence-corrected chi connectivity index (χ3v) is 4.70. The van der Waals surface area contributed by atoms with Crippen molar-refractivity contribution >= 4 is 45.5 Å². The molecule has 0 unspecified atom stereocenters. The quantitative estimate of drug-likeness (QED) is 0.466. The minimum atomic E-state index is -0.839. The van der Waals surface area contributed by atoms with Crippen LogP contribution in [0, 0.1) is 9.62 Å². The molecule has 0 radical (unpaired) electrons. The molecule has 0 saturated carbocycles. The Labute approximate surface area is 155 Å². The molecule has 0 spiro atoms. The third-order valence-electron chi connectivity index (χ3n) is 3.94. The number of carbonyl (C=O) groups excluding carboxylic acids is 1. The fraction of sp³-hybridized carbons (Fsp3) is 0.571. The first-order chi connectivity index (χ1) is 11.8. The standard InChI is InChI=1S/C14H18IN5O5/c1-5(2)12(23)17-14-16-11-9(13(24)18-14)10(15)19-20(11)8-3-6(22)7(4-21)25-8/h5-8,21-22H,3-4H2,1-2H3,(H2,16,17,18,23,24)/t6-,7+,8+/m0/s1. The summed E-state index contributed by atoms with van der Waals surface area (Å²) < 4.78 is 7.41. The molecule has 25 heavy (non-hydrogen) atoms. The van der Waals surface area contributed by atoms with Crippen LogP contribution in [0.5, 0.6) is 0 Å². The highest BCUT2D eigenvalue weighted by molar-refractivity contribution is 14.1. The van der Waals surface area contributed by atoms with E-state index in [1.54, 1.807) is 13.8 Å². The summed E-state index contributed by atoms with van der Waals surface area (Å²) in [5, 5.41) is 26.2. The molecule has 2 aromatic heterocycles. The number of nitrogens with one attached hydrogen (secondary N) is 2. The van der Waals surface area contributed by atoms with E-state index in [-0.39, 0.29) is 41.8 Å². The number of aromatic amines is 1. The van der Waals surface area contributed by atoms with E-state index in [0.29, 0.717) is 3.70 Å². The van der Waals surface area contributed by atoms with Crippen LogP contribution in [-0.4, -0.2) is 54.7 Å². The average Bonchev–Trinajstić information content (AvgIpc) is 3.07. The van der Waals surface area contributed by atoms with Gasteiger partial charge in [0.25, 0.3) is 5.56 Å². The highest BCUT2D eigenvalue weighted by atomic mass is 127. The van der Waals surface area contributed by atoms with Crippen molar-refractivity contribution in [2.45, 2.75) is 38.7 Å². The molecule has 2 aromatic rings. The van der Waals surface area contributed by atoms with Crippen LogP contribution in [0.25, 0.3) is 11.0 Å². The Morgan fingerprint density at radius 2 is 2.28 bits per heavy atom. The van der Waals surface area contributed by atoms with Crippen molar-refractivity contribution < 1.29 is 19.7 Å². The first-order valence-electron chi connectivity index (χ1n) is 7.75. The first kappa shape index (κ1) is 18.2. The number of aliphatic hydroxyl groups is 2. The summed E-state index contributed by atoms with van der Waals surface area (Å²) in [7, 11) is 0. The predicted molar refractivity (Wildman–Crippen MR) is 96.0 cm³/mol. The number of amides is 1. The number of fused-ring (bicyclic) bond motifs is 1. The Kier molecular flexibility index (Phi) is 5.09. The molecule has 11 heteroatoms. The number of hydrogen-bond acceptors (Lipinski definition) is 7. The van der Waals surface area contributed by atoms with Gasteiger partial charge in [0, 0.05) is 12.3 Å². The smallest absolute Gasteiger partial charge is 0.264 e. The fourth-order valence-corrected chi connectivity index (χ4v) is 3.27. The second-order valence-electron chi connectivity index (χ2n) is 6.11. The maximum Gasteiger partial charge on any atom is 0.264 e. The molecule has 3 heterocycles. The van der Waals surface area contributed by atoms with Crippen LogP contribution in [0.1, 0.15) is 26.5 Å². The molecule has 136 valence electrons. The lowest BCUT2D eigenvalue weighted by Gasteiger charge is -2.13. The number of H-pyrrole nitrogens is 1. The van der Waals surface area contributed by atoms with Crippen LogP contribution in [-0.2, 0) is 9.53 Å². The average molecular weight is 463 g/mol. The number of rotatable bonds is 4. The number of ether oxygens (including phenoxy) is 1. The number of aliphatic hydroxyl groups excluding tert-OH is 2. The minimum Gasteiger partial charge on any atom is -0.394 e. The van der Waals surface area contributed by atoms with Gasteiger partial charge < -0.3 is 14.9 Å². The Morgan fingerprint density at radius 3 is 2.88 bits per heavy atom. The third kappa shape index (κ3) is 3.41. The van der Waals surface area contributed by atoms with Gasteiger partial charge in [0.15, 0.2) is 11.9 Å². The van der Waals surface area contributed by atoms with E-state index < -0.39 is 24.0 Å². The largest absolute Gasteiger partial charge is 0.394 e. The molecule has 10 nitrogen and oxygen atoms in total. The molecular formula is C14H18IN5O5. The van der Waals surface area contributed by atoms with Gasteiger partial charge in [-0.1, -0.05) is 13.8 Å². The normalized spacial score (nSPS) is 23.5. The molecule has 4 N–H and O–H groups in total. The van der Waals surface area contributed by atoms with E-state index in [9.17, 15) is 19.8 Å². The highest BCUT2D eigenvalue weighted by Crippen LogP contribution is 2.31. The zero-order chi connectivity index (χ0) is 18.3. The molecule has 3 atom stereocenters. The summed E-state index contributed by atoms with van der Waals surface area (Å²) >= 11 is 1.91. The van der Waals surface area contributed by atoms with Gasteiger partial charge in [0.2, 0.25) is 11.9 Å². The molecule has 0 bridgehead atoms. The highest BCUT2D eigenvalue weighted by Gasteiger charge is 2.36. The van der Waals surface area contributed by atoms with Crippen molar-refractivity contribution in [2.75, 3.05) is 11.9 Å². The van der Waals surface area contributed by atoms with Crippen LogP contribution in [0.3, 0.4) is 0 Å². The molecule has 0 aromatic carbocycles. The molecule has 3 rings (SSSR count). The van der Waals surface area contributed by atoms with Gasteiger partial charge in [-0.2, -0.15) is 10.1 Å². The number of halogens is 1. The van der Waals surface area contributed by atoms with Gasteiger partial charge in [-0.15, -0.1) is 0 Å². The van der Waals surface area contributed by atoms with Gasteiger partial charge in [-0.3, -0.25) is 19.9 Å². The molecule has 1 saturated heterocycles. The summed E-state index contributed by atoms with van der Waals surface area (Å²) in [6, 6.07) is 0. The minimum absolute atomic E-state index is 0.0194. The first-order valence-corrected chi connectivity index (χ1v) is 8.83. The van der Waals surface area contributed by atoms with Gasteiger partial charge >= 0.3 is 0 Å². The zero-order valence-electron chi connectivity index (χ0n) is 13.6.